The normalized spacial score (nSPS) is 25.6. The summed E-state index contributed by atoms with van der Waals surface area (Å²) in [7, 11) is 2.05. The summed E-state index contributed by atoms with van der Waals surface area (Å²) in [5, 5.41) is 3.40. The quantitative estimate of drug-likeness (QED) is 0.921. The molecule has 0 amide bonds. The Morgan fingerprint density at radius 1 is 1.38 bits per heavy atom. The third-order valence-corrected chi connectivity index (χ3v) is 3.78. The van der Waals surface area contributed by atoms with Gasteiger partial charge in [0.15, 0.2) is 0 Å². The summed E-state index contributed by atoms with van der Waals surface area (Å²) >= 11 is 3.46. The number of nitrogens with one attached hydrogen (secondary N) is 1. The van der Waals surface area contributed by atoms with Gasteiger partial charge < -0.3 is 10.1 Å². The van der Waals surface area contributed by atoms with Gasteiger partial charge in [0.1, 0.15) is 0 Å². The van der Waals surface area contributed by atoms with Gasteiger partial charge in [0, 0.05) is 23.0 Å². The van der Waals surface area contributed by atoms with Crippen molar-refractivity contribution in [2.45, 2.75) is 18.9 Å². The number of benzene rings is 1. The molecule has 0 radical (unpaired) electrons. The first-order chi connectivity index (χ1) is 7.79. The van der Waals surface area contributed by atoms with E-state index in [4.69, 9.17) is 4.74 Å². The minimum absolute atomic E-state index is 0.595. The lowest BCUT2D eigenvalue weighted by Gasteiger charge is -2.31. The molecular formula is C13H18BrNO. The van der Waals surface area contributed by atoms with Crippen molar-refractivity contribution in [3.63, 3.8) is 0 Å². The number of hydrogen-bond donors (Lipinski definition) is 1. The molecule has 0 unspecified atom stereocenters. The molecule has 0 aliphatic carbocycles. The van der Waals surface area contributed by atoms with E-state index in [1.165, 1.54) is 5.56 Å². The molecule has 1 aliphatic rings. The molecule has 1 aliphatic heterocycles. The summed E-state index contributed by atoms with van der Waals surface area (Å²) in [6, 6.07) is 9.18. The van der Waals surface area contributed by atoms with E-state index in [1.54, 1.807) is 0 Å². The standard InChI is InChI=1S/C13H18BrNO/c1-15-13-6-7-16-9-11(13)8-10-2-4-12(14)5-3-10/h2-5,11,13,15H,6-9H2,1H3/t11-,13-/m1/s1. The van der Waals surface area contributed by atoms with Crippen molar-refractivity contribution in [2.24, 2.45) is 5.92 Å². The van der Waals surface area contributed by atoms with Crippen molar-refractivity contribution < 1.29 is 4.74 Å². The van der Waals surface area contributed by atoms with Crippen LogP contribution in [0.3, 0.4) is 0 Å². The van der Waals surface area contributed by atoms with Crippen LogP contribution in [0.2, 0.25) is 0 Å². The van der Waals surface area contributed by atoms with Crippen molar-refractivity contribution in [2.75, 3.05) is 20.3 Å². The van der Waals surface area contributed by atoms with E-state index in [9.17, 15) is 0 Å². The van der Waals surface area contributed by atoms with Crippen molar-refractivity contribution >= 4 is 15.9 Å². The van der Waals surface area contributed by atoms with Crippen LogP contribution in [-0.4, -0.2) is 26.3 Å². The van der Waals surface area contributed by atoms with Gasteiger partial charge in [-0.3, -0.25) is 0 Å². The third-order valence-electron chi connectivity index (χ3n) is 3.26. The fraction of sp³-hybridized carbons (Fsp3) is 0.538. The number of ether oxygens (including phenoxy) is 1. The number of rotatable bonds is 3. The SMILES string of the molecule is CN[C@@H]1CCOC[C@H]1Cc1ccc(Br)cc1. The Balaban J connectivity index is 1.99. The van der Waals surface area contributed by atoms with Crippen LogP contribution >= 0.6 is 15.9 Å². The van der Waals surface area contributed by atoms with Crippen LogP contribution in [-0.2, 0) is 11.2 Å². The highest BCUT2D eigenvalue weighted by atomic mass is 79.9. The van der Waals surface area contributed by atoms with Crippen molar-refractivity contribution in [1.29, 1.82) is 0 Å². The molecule has 88 valence electrons. The zero-order chi connectivity index (χ0) is 11.4. The van der Waals surface area contributed by atoms with Crippen LogP contribution in [0, 0.1) is 5.92 Å². The fourth-order valence-electron chi connectivity index (χ4n) is 2.30. The second kappa shape index (κ2) is 5.80. The van der Waals surface area contributed by atoms with Crippen LogP contribution in [0.5, 0.6) is 0 Å². The number of halogens is 1. The van der Waals surface area contributed by atoms with Gasteiger partial charge in [0.25, 0.3) is 0 Å². The van der Waals surface area contributed by atoms with E-state index < -0.39 is 0 Å². The smallest absolute Gasteiger partial charge is 0.0512 e. The minimum Gasteiger partial charge on any atom is -0.381 e. The molecule has 1 aromatic rings. The predicted molar refractivity (Wildman–Crippen MR) is 69.6 cm³/mol. The largest absolute Gasteiger partial charge is 0.381 e. The Morgan fingerprint density at radius 3 is 2.81 bits per heavy atom. The molecule has 1 aromatic carbocycles. The summed E-state index contributed by atoms with van der Waals surface area (Å²) in [5.41, 5.74) is 1.39. The van der Waals surface area contributed by atoms with Gasteiger partial charge in [-0.25, -0.2) is 0 Å². The number of hydrogen-bond acceptors (Lipinski definition) is 2. The highest BCUT2D eigenvalue weighted by Crippen LogP contribution is 2.20. The molecule has 1 saturated heterocycles. The molecule has 2 nitrogen and oxygen atoms in total. The summed E-state index contributed by atoms with van der Waals surface area (Å²) in [5.74, 6) is 0.597. The summed E-state index contributed by atoms with van der Waals surface area (Å²) in [4.78, 5) is 0. The Labute approximate surface area is 106 Å². The van der Waals surface area contributed by atoms with E-state index in [2.05, 4.69) is 45.5 Å². The summed E-state index contributed by atoms with van der Waals surface area (Å²) < 4.78 is 6.70. The molecule has 0 spiro atoms. The molecule has 2 atom stereocenters. The van der Waals surface area contributed by atoms with Gasteiger partial charge in [0.2, 0.25) is 0 Å². The van der Waals surface area contributed by atoms with E-state index in [1.807, 2.05) is 7.05 Å². The molecule has 0 aromatic heterocycles. The zero-order valence-electron chi connectivity index (χ0n) is 9.58. The average molecular weight is 284 g/mol. The molecule has 3 heteroatoms. The molecular weight excluding hydrogens is 266 g/mol. The van der Waals surface area contributed by atoms with Crippen molar-refractivity contribution in [1.82, 2.24) is 5.32 Å². The van der Waals surface area contributed by atoms with Crippen LogP contribution in [0.1, 0.15) is 12.0 Å². The van der Waals surface area contributed by atoms with Crippen LogP contribution in [0.25, 0.3) is 0 Å². The van der Waals surface area contributed by atoms with Crippen LogP contribution in [0.15, 0.2) is 28.7 Å². The summed E-state index contributed by atoms with van der Waals surface area (Å²) in [6.07, 6.45) is 2.22. The topological polar surface area (TPSA) is 21.3 Å². The maximum atomic E-state index is 5.56. The Bertz CT molecular complexity index is 325. The van der Waals surface area contributed by atoms with Crippen LogP contribution in [0.4, 0.5) is 0 Å². The molecule has 1 N–H and O–H groups in total. The van der Waals surface area contributed by atoms with E-state index in [0.29, 0.717) is 12.0 Å². The first-order valence-corrected chi connectivity index (χ1v) is 6.58. The first kappa shape index (κ1) is 12.1. The third kappa shape index (κ3) is 3.06. The Kier molecular flexibility index (Phi) is 4.38. The second-order valence-corrected chi connectivity index (χ2v) is 5.27. The lowest BCUT2D eigenvalue weighted by atomic mass is 9.89. The van der Waals surface area contributed by atoms with Crippen molar-refractivity contribution in [3.8, 4) is 0 Å². The monoisotopic (exact) mass is 283 g/mol. The first-order valence-electron chi connectivity index (χ1n) is 5.79. The second-order valence-electron chi connectivity index (χ2n) is 4.35. The molecule has 1 heterocycles. The zero-order valence-corrected chi connectivity index (χ0v) is 11.2. The summed E-state index contributed by atoms with van der Waals surface area (Å²) in [6.45, 7) is 1.77. The van der Waals surface area contributed by atoms with Crippen LogP contribution < -0.4 is 5.32 Å². The van der Waals surface area contributed by atoms with E-state index in [-0.39, 0.29) is 0 Å². The van der Waals surface area contributed by atoms with E-state index in [0.717, 1.165) is 30.5 Å². The fourth-order valence-corrected chi connectivity index (χ4v) is 2.57. The maximum Gasteiger partial charge on any atom is 0.0512 e. The highest BCUT2D eigenvalue weighted by molar-refractivity contribution is 9.10. The van der Waals surface area contributed by atoms with Gasteiger partial charge in [-0.1, -0.05) is 28.1 Å². The molecule has 2 rings (SSSR count). The average Bonchev–Trinajstić information content (AvgIpc) is 2.33. The molecule has 0 saturated carbocycles. The molecule has 16 heavy (non-hydrogen) atoms. The predicted octanol–water partition coefficient (Wildman–Crippen LogP) is 2.62. The van der Waals surface area contributed by atoms with Gasteiger partial charge in [-0.05, 0) is 37.6 Å². The lowest BCUT2D eigenvalue weighted by molar-refractivity contribution is 0.0342. The Morgan fingerprint density at radius 2 is 2.12 bits per heavy atom. The van der Waals surface area contributed by atoms with Gasteiger partial charge >= 0.3 is 0 Å². The Hall–Kier alpha value is -0.380. The molecule has 0 bridgehead atoms. The lowest BCUT2D eigenvalue weighted by Crippen LogP contribution is -2.41. The van der Waals surface area contributed by atoms with Gasteiger partial charge in [-0.2, -0.15) is 0 Å². The van der Waals surface area contributed by atoms with Gasteiger partial charge in [0.05, 0.1) is 6.61 Å². The van der Waals surface area contributed by atoms with E-state index >= 15 is 0 Å². The van der Waals surface area contributed by atoms with Gasteiger partial charge in [-0.15, -0.1) is 0 Å². The minimum atomic E-state index is 0.595. The molecule has 1 fully saturated rings. The maximum absolute atomic E-state index is 5.56. The van der Waals surface area contributed by atoms with Crippen molar-refractivity contribution in [3.05, 3.63) is 34.3 Å². The highest BCUT2D eigenvalue weighted by Gasteiger charge is 2.24.